The van der Waals surface area contributed by atoms with Crippen LogP contribution in [0.3, 0.4) is 0 Å². The smallest absolute Gasteiger partial charge is 0.301 e. The third-order valence-corrected chi connectivity index (χ3v) is 13.6. The Morgan fingerprint density at radius 1 is 1.14 bits per heavy atom. The minimum absolute atomic E-state index is 0.00384. The average Bonchev–Trinajstić information content (AvgIpc) is 3.26. The number of likely N-dealkylation sites (tertiary alicyclic amines) is 1. The molecule has 2 aromatic rings. The first-order valence-corrected chi connectivity index (χ1v) is 21.4. The number of aliphatic hydroxyl groups is 1. The molecule has 2 bridgehead atoms. The second kappa shape index (κ2) is 16.1. The van der Waals surface area contributed by atoms with Crippen molar-refractivity contribution in [2.45, 2.75) is 74.9 Å². The molecule has 2 fully saturated rings. The summed E-state index contributed by atoms with van der Waals surface area (Å²) in [6, 6.07) is 10.9. The molecule has 7 rings (SSSR count). The number of anilines is 1. The number of hydrogen-bond acceptors (Lipinski definition) is 9. The van der Waals surface area contributed by atoms with Crippen LogP contribution in [-0.4, -0.2) is 113 Å². The van der Waals surface area contributed by atoms with E-state index in [1.54, 1.807) is 31.0 Å². The van der Waals surface area contributed by atoms with Gasteiger partial charge >= 0.3 is 10.2 Å². The van der Waals surface area contributed by atoms with Gasteiger partial charge in [-0.1, -0.05) is 42.8 Å². The molecule has 16 heteroatoms. The van der Waals surface area contributed by atoms with Crippen molar-refractivity contribution in [3.8, 4) is 5.75 Å². The van der Waals surface area contributed by atoms with Crippen LogP contribution in [0.1, 0.15) is 62.1 Å². The zero-order valence-electron chi connectivity index (χ0n) is 31.9. The van der Waals surface area contributed by atoms with E-state index in [0.717, 1.165) is 37.7 Å². The van der Waals surface area contributed by atoms with Gasteiger partial charge in [0.1, 0.15) is 5.75 Å². The van der Waals surface area contributed by atoms with Crippen LogP contribution in [0.4, 0.5) is 14.5 Å². The number of fused-ring (bicyclic) bond motifs is 4. The maximum atomic E-state index is 13.9. The van der Waals surface area contributed by atoms with Crippen LogP contribution in [0, 0.1) is 11.8 Å². The van der Waals surface area contributed by atoms with Gasteiger partial charge in [0.2, 0.25) is 5.91 Å². The molecular weight excluding hydrogens is 768 g/mol. The van der Waals surface area contributed by atoms with Gasteiger partial charge in [-0.15, -0.1) is 0 Å². The van der Waals surface area contributed by atoms with Crippen LogP contribution in [0.25, 0.3) is 0 Å². The largest absolute Gasteiger partial charge is 0.490 e. The van der Waals surface area contributed by atoms with E-state index < -0.39 is 45.4 Å². The molecule has 0 radical (unpaired) electrons. The van der Waals surface area contributed by atoms with Crippen molar-refractivity contribution < 1.29 is 41.4 Å². The lowest BCUT2D eigenvalue weighted by Gasteiger charge is -2.46. The molecule has 3 N–H and O–H groups in total. The summed E-state index contributed by atoms with van der Waals surface area (Å²) in [7, 11) is -2.78. The Labute approximate surface area is 332 Å². The Bertz CT molecular complexity index is 1950. The lowest BCUT2D eigenvalue weighted by atomic mass is 9.68. The molecule has 0 unspecified atom stereocenters. The Morgan fingerprint density at radius 2 is 1.95 bits per heavy atom. The normalized spacial score (nSPS) is 29.9. The third-order valence-electron chi connectivity index (χ3n) is 12.2. The quantitative estimate of drug-likeness (QED) is 0.336. The average molecular weight is 820 g/mol. The second-order valence-corrected chi connectivity index (χ2v) is 18.1. The summed E-state index contributed by atoms with van der Waals surface area (Å²) in [6.07, 6.45) is 7.94. The molecule has 5 aliphatic rings. The first kappa shape index (κ1) is 40.8. The number of benzene rings is 2. The van der Waals surface area contributed by atoms with Crippen molar-refractivity contribution >= 4 is 39.3 Å². The minimum Gasteiger partial charge on any atom is -0.490 e. The van der Waals surface area contributed by atoms with Gasteiger partial charge in [0, 0.05) is 50.2 Å². The molecule has 2 aliphatic carbocycles. The van der Waals surface area contributed by atoms with Gasteiger partial charge in [-0.3, -0.25) is 14.5 Å². The molecular formula is C40H52ClF2N5O7S. The summed E-state index contributed by atoms with van der Waals surface area (Å²) in [6.45, 7) is 3.52. The van der Waals surface area contributed by atoms with E-state index >= 15 is 0 Å². The highest BCUT2D eigenvalue weighted by atomic mass is 35.5. The number of amides is 2. The highest BCUT2D eigenvalue weighted by Gasteiger charge is 2.47. The van der Waals surface area contributed by atoms with Gasteiger partial charge in [0.15, 0.2) is 5.60 Å². The molecule has 2 aromatic carbocycles. The van der Waals surface area contributed by atoms with E-state index in [4.69, 9.17) is 21.1 Å². The number of rotatable bonds is 8. The lowest BCUT2D eigenvalue weighted by molar-refractivity contribution is -0.148. The summed E-state index contributed by atoms with van der Waals surface area (Å²) >= 11 is 6.46. The molecule has 3 heterocycles. The number of carbonyl (C=O) groups is 2. The molecule has 0 aromatic heterocycles. The van der Waals surface area contributed by atoms with Gasteiger partial charge in [-0.2, -0.15) is 13.1 Å². The zero-order chi connectivity index (χ0) is 39.9. The Hall–Kier alpha value is -3.34. The van der Waals surface area contributed by atoms with Crippen LogP contribution in [0.5, 0.6) is 5.75 Å². The van der Waals surface area contributed by atoms with Crippen molar-refractivity contribution in [1.82, 2.24) is 19.2 Å². The van der Waals surface area contributed by atoms with E-state index in [1.165, 1.54) is 16.5 Å². The summed E-state index contributed by atoms with van der Waals surface area (Å²) in [4.78, 5) is 33.0. The van der Waals surface area contributed by atoms with Gasteiger partial charge in [-0.25, -0.2) is 13.5 Å². The van der Waals surface area contributed by atoms with Crippen molar-refractivity contribution in [2.75, 3.05) is 71.0 Å². The van der Waals surface area contributed by atoms with Crippen molar-refractivity contribution in [3.05, 3.63) is 70.3 Å². The van der Waals surface area contributed by atoms with Crippen LogP contribution >= 0.6 is 11.6 Å². The SMILES string of the molecule is CCNS(=O)(=O)NC(=O)[C@@]1(O)CC(=O)N(C)CC/C=C\[C@H](OCCN2CC(F)(F)C2)[C@@H]2CC[C@H]2CN2C[C@@]3(CCCc4cc(Cl)ccc43)COc3ccc1cc32. The highest BCUT2D eigenvalue weighted by molar-refractivity contribution is 7.88. The molecule has 1 spiro atoms. The standard InChI is InChI=1S/C40H52ClF2N5O7S/c1-3-44-56(52,53)45-37(50)40(51)21-36(49)46(2)16-5-4-8-34(54-18-17-47-24-39(42,43)25-47)31-12-9-28(31)22-48-23-38(26-55-35-14-10-29(40)20-33(35)48)15-6-7-27-19-30(41)11-13-32(27)38/h4,8,10-11,13-14,19-20,28,31,34,44,51H,3,5-7,9,12,15-18,21-26H2,1-2H3,(H,45,50)/b8-4-/t28-,31+,34-,38-,40+/m0/s1. The number of nitrogens with zero attached hydrogens (tertiary/aromatic N) is 3. The summed E-state index contributed by atoms with van der Waals surface area (Å²) in [5.41, 5.74) is 0.0296. The molecule has 1 saturated carbocycles. The molecule has 1 saturated heterocycles. The van der Waals surface area contributed by atoms with E-state index in [1.807, 2.05) is 29.0 Å². The Balaban J connectivity index is 1.27. The highest BCUT2D eigenvalue weighted by Crippen LogP contribution is 2.48. The number of ether oxygens (including phenoxy) is 2. The van der Waals surface area contributed by atoms with Crippen molar-refractivity contribution in [3.63, 3.8) is 0 Å². The van der Waals surface area contributed by atoms with Crippen LogP contribution in [0.2, 0.25) is 5.02 Å². The monoisotopic (exact) mass is 819 g/mol. The van der Waals surface area contributed by atoms with Crippen molar-refractivity contribution in [2.24, 2.45) is 11.8 Å². The molecule has 3 aliphatic heterocycles. The Kier molecular flexibility index (Phi) is 11.8. The number of carbonyl (C=O) groups excluding carboxylic acids is 2. The van der Waals surface area contributed by atoms with E-state index in [0.29, 0.717) is 55.7 Å². The van der Waals surface area contributed by atoms with Gasteiger partial charge in [0.25, 0.3) is 11.8 Å². The number of hydrogen-bond donors (Lipinski definition) is 3. The van der Waals surface area contributed by atoms with Crippen LogP contribution in [-0.2, 0) is 42.0 Å². The predicted molar refractivity (Wildman–Crippen MR) is 208 cm³/mol. The fourth-order valence-corrected chi connectivity index (χ4v) is 10.1. The second-order valence-electron chi connectivity index (χ2n) is 16.2. The topological polar surface area (TPSA) is 141 Å². The number of halogens is 3. The fourth-order valence-electron chi connectivity index (χ4n) is 9.04. The predicted octanol–water partition coefficient (Wildman–Crippen LogP) is 4.14. The number of alkyl halides is 2. The zero-order valence-corrected chi connectivity index (χ0v) is 33.5. The maximum absolute atomic E-state index is 13.9. The lowest BCUT2D eigenvalue weighted by Crippen LogP contribution is -2.57. The van der Waals surface area contributed by atoms with Gasteiger partial charge in [0.05, 0.1) is 44.5 Å². The summed E-state index contributed by atoms with van der Waals surface area (Å²) in [5.74, 6) is -3.64. The van der Waals surface area contributed by atoms with Crippen LogP contribution in [0.15, 0.2) is 48.6 Å². The molecule has 2 amide bonds. The van der Waals surface area contributed by atoms with E-state index in [9.17, 15) is 31.9 Å². The molecule has 56 heavy (non-hydrogen) atoms. The summed E-state index contributed by atoms with van der Waals surface area (Å²) in [5, 5.41) is 13.0. The van der Waals surface area contributed by atoms with Crippen LogP contribution < -0.4 is 19.1 Å². The number of nitrogens with one attached hydrogen (secondary N) is 2. The first-order chi connectivity index (χ1) is 26.6. The molecule has 12 nitrogen and oxygen atoms in total. The minimum atomic E-state index is -4.34. The van der Waals surface area contributed by atoms with Crippen molar-refractivity contribution in [1.29, 1.82) is 0 Å². The molecule has 306 valence electrons. The first-order valence-electron chi connectivity index (χ1n) is 19.6. The molecule has 5 atom stereocenters. The number of aryl methyl sites for hydroxylation is 1. The summed E-state index contributed by atoms with van der Waals surface area (Å²) < 4.78 is 69.8. The fraction of sp³-hybridized carbons (Fsp3) is 0.600. The van der Waals surface area contributed by atoms with Gasteiger partial charge in [-0.05, 0) is 91.3 Å². The van der Waals surface area contributed by atoms with E-state index in [-0.39, 0.29) is 49.7 Å². The maximum Gasteiger partial charge on any atom is 0.301 e. The van der Waals surface area contributed by atoms with Gasteiger partial charge < -0.3 is 24.4 Å². The van der Waals surface area contributed by atoms with E-state index in [2.05, 4.69) is 15.7 Å². The Morgan fingerprint density at radius 3 is 2.68 bits per heavy atom. The third kappa shape index (κ3) is 8.58.